The topological polar surface area (TPSA) is 103 Å². The zero-order chi connectivity index (χ0) is 23.9. The van der Waals surface area contributed by atoms with Gasteiger partial charge in [-0.2, -0.15) is 9.57 Å². The molecule has 2 aliphatic heterocycles. The van der Waals surface area contributed by atoms with Crippen molar-refractivity contribution in [1.82, 2.24) is 4.31 Å². The monoisotopic (exact) mass is 475 g/mol. The van der Waals surface area contributed by atoms with E-state index in [1.165, 1.54) is 0 Å². The standard InChI is InChI=1S/C26H25N3O4S/c1-33-20-7-9-21(10-8-20)34(31,32)29-13-12-22-25(16-30)28-24-11-6-19(14-23(24)26(22)29)18-4-2-17(15-27)3-5-18/h2-11,14,22,25-26,28,30H,12-13,16H2,1H3/t22-,25-,26-/m1/s1. The number of fused-ring (bicyclic) bond motifs is 3. The van der Waals surface area contributed by atoms with Crippen LogP contribution in [0, 0.1) is 17.2 Å². The minimum absolute atomic E-state index is 0.0539. The molecule has 3 atom stereocenters. The number of methoxy groups -OCH3 is 1. The predicted octanol–water partition coefficient (Wildman–Crippen LogP) is 3.77. The van der Waals surface area contributed by atoms with Gasteiger partial charge in [-0.05, 0) is 71.6 Å². The fourth-order valence-corrected chi connectivity index (χ4v) is 6.76. The summed E-state index contributed by atoms with van der Waals surface area (Å²) in [5.41, 5.74) is 4.20. The summed E-state index contributed by atoms with van der Waals surface area (Å²) in [5.74, 6) is 0.541. The van der Waals surface area contributed by atoms with Gasteiger partial charge in [0.05, 0.1) is 42.3 Å². The average molecular weight is 476 g/mol. The normalized spacial score (nSPS) is 21.7. The number of nitrogens with zero attached hydrogens (tertiary/aromatic N) is 2. The average Bonchev–Trinajstić information content (AvgIpc) is 3.34. The second-order valence-electron chi connectivity index (χ2n) is 8.61. The highest BCUT2D eigenvalue weighted by atomic mass is 32.2. The molecule has 2 aliphatic rings. The predicted molar refractivity (Wildman–Crippen MR) is 129 cm³/mol. The maximum Gasteiger partial charge on any atom is 0.243 e. The van der Waals surface area contributed by atoms with Crippen LogP contribution >= 0.6 is 0 Å². The van der Waals surface area contributed by atoms with Gasteiger partial charge in [0, 0.05) is 18.2 Å². The first-order valence-corrected chi connectivity index (χ1v) is 12.6. The molecule has 0 saturated carbocycles. The van der Waals surface area contributed by atoms with Crippen LogP contribution in [0.2, 0.25) is 0 Å². The SMILES string of the molecule is COc1ccc(S(=O)(=O)N2CC[C@@H]3[C@@H](CO)Nc4ccc(-c5ccc(C#N)cc5)cc4[C@@H]32)cc1. The molecular weight excluding hydrogens is 450 g/mol. The van der Waals surface area contributed by atoms with Gasteiger partial charge in [-0.1, -0.05) is 18.2 Å². The molecule has 0 aliphatic carbocycles. The van der Waals surface area contributed by atoms with E-state index in [1.54, 1.807) is 47.8 Å². The summed E-state index contributed by atoms with van der Waals surface area (Å²) in [5, 5.41) is 22.5. The molecule has 0 aromatic heterocycles. The lowest BCUT2D eigenvalue weighted by Gasteiger charge is -2.39. The van der Waals surface area contributed by atoms with Gasteiger partial charge in [0.1, 0.15) is 5.75 Å². The summed E-state index contributed by atoms with van der Waals surface area (Å²) in [6.07, 6.45) is 0.652. The van der Waals surface area contributed by atoms with Crippen molar-refractivity contribution in [1.29, 1.82) is 5.26 Å². The van der Waals surface area contributed by atoms with E-state index in [4.69, 9.17) is 10.00 Å². The first-order valence-electron chi connectivity index (χ1n) is 11.1. The van der Waals surface area contributed by atoms with Gasteiger partial charge >= 0.3 is 0 Å². The van der Waals surface area contributed by atoms with E-state index in [9.17, 15) is 13.5 Å². The second kappa shape index (κ2) is 8.76. The van der Waals surface area contributed by atoms with Crippen molar-refractivity contribution in [2.45, 2.75) is 23.4 Å². The van der Waals surface area contributed by atoms with Gasteiger partial charge < -0.3 is 15.2 Å². The molecule has 1 fully saturated rings. The largest absolute Gasteiger partial charge is 0.497 e. The van der Waals surface area contributed by atoms with Crippen LogP contribution in [0.5, 0.6) is 5.75 Å². The van der Waals surface area contributed by atoms with E-state index in [-0.39, 0.29) is 29.5 Å². The van der Waals surface area contributed by atoms with Crippen molar-refractivity contribution < 1.29 is 18.3 Å². The minimum Gasteiger partial charge on any atom is -0.497 e. The lowest BCUT2D eigenvalue weighted by Crippen LogP contribution is -2.42. The van der Waals surface area contributed by atoms with E-state index >= 15 is 0 Å². The Kier molecular flexibility index (Phi) is 5.78. The van der Waals surface area contributed by atoms with E-state index in [2.05, 4.69) is 11.4 Å². The molecule has 8 heteroatoms. The Hall–Kier alpha value is -3.38. The number of rotatable bonds is 5. The van der Waals surface area contributed by atoms with E-state index < -0.39 is 10.0 Å². The number of aliphatic hydroxyl groups excluding tert-OH is 1. The van der Waals surface area contributed by atoms with E-state index in [0.717, 1.165) is 22.4 Å². The number of aliphatic hydroxyl groups is 1. The molecule has 34 heavy (non-hydrogen) atoms. The van der Waals surface area contributed by atoms with Gasteiger partial charge in [0.15, 0.2) is 0 Å². The van der Waals surface area contributed by atoms with Crippen LogP contribution in [0.3, 0.4) is 0 Å². The van der Waals surface area contributed by atoms with Crippen molar-refractivity contribution in [2.75, 3.05) is 25.6 Å². The van der Waals surface area contributed by atoms with Crippen molar-refractivity contribution in [3.63, 3.8) is 0 Å². The van der Waals surface area contributed by atoms with E-state index in [0.29, 0.717) is 24.3 Å². The molecule has 3 aromatic carbocycles. The molecule has 1 saturated heterocycles. The number of nitriles is 1. The summed E-state index contributed by atoms with van der Waals surface area (Å²) in [6, 6.07) is 21.2. The molecule has 5 rings (SSSR count). The number of hydrogen-bond acceptors (Lipinski definition) is 6. The number of benzene rings is 3. The van der Waals surface area contributed by atoms with Crippen molar-refractivity contribution in [2.24, 2.45) is 5.92 Å². The summed E-state index contributed by atoms with van der Waals surface area (Å²) in [4.78, 5) is 0.220. The Morgan fingerprint density at radius 3 is 2.44 bits per heavy atom. The highest BCUT2D eigenvalue weighted by molar-refractivity contribution is 7.89. The third-order valence-corrected chi connectivity index (χ3v) is 8.73. The molecule has 0 bridgehead atoms. The number of ether oxygens (including phenoxy) is 1. The second-order valence-corrected chi connectivity index (χ2v) is 10.5. The molecule has 3 aromatic rings. The Bertz CT molecular complexity index is 1350. The molecule has 2 heterocycles. The highest BCUT2D eigenvalue weighted by Crippen LogP contribution is 2.49. The molecule has 0 unspecified atom stereocenters. The Morgan fingerprint density at radius 1 is 1.09 bits per heavy atom. The summed E-state index contributed by atoms with van der Waals surface area (Å²) < 4.78 is 34.1. The minimum atomic E-state index is -3.76. The van der Waals surface area contributed by atoms with Gasteiger partial charge in [-0.15, -0.1) is 0 Å². The van der Waals surface area contributed by atoms with Crippen molar-refractivity contribution in [3.8, 4) is 22.9 Å². The van der Waals surface area contributed by atoms with Gasteiger partial charge in [0.25, 0.3) is 0 Å². The van der Waals surface area contributed by atoms with E-state index in [1.807, 2.05) is 30.3 Å². The third-order valence-electron chi connectivity index (χ3n) is 6.84. The Balaban J connectivity index is 1.58. The lowest BCUT2D eigenvalue weighted by molar-refractivity contribution is 0.210. The molecular formula is C26H25N3O4S. The van der Waals surface area contributed by atoms with Gasteiger partial charge in [-0.25, -0.2) is 8.42 Å². The maximum atomic E-state index is 13.7. The molecule has 0 radical (unpaired) electrons. The van der Waals surface area contributed by atoms with Crippen LogP contribution in [-0.2, 0) is 10.0 Å². The van der Waals surface area contributed by atoms with Crippen molar-refractivity contribution in [3.05, 3.63) is 77.9 Å². The summed E-state index contributed by atoms with van der Waals surface area (Å²) >= 11 is 0. The van der Waals surface area contributed by atoms with Gasteiger partial charge in [0.2, 0.25) is 10.0 Å². The highest BCUT2D eigenvalue weighted by Gasteiger charge is 2.48. The zero-order valence-electron chi connectivity index (χ0n) is 18.7. The summed E-state index contributed by atoms with van der Waals surface area (Å²) in [6.45, 7) is 0.302. The van der Waals surface area contributed by atoms with Crippen LogP contribution in [-0.4, -0.2) is 44.1 Å². The fourth-order valence-electron chi connectivity index (χ4n) is 5.09. The molecule has 0 amide bonds. The maximum absolute atomic E-state index is 13.7. The van der Waals surface area contributed by atoms with Crippen LogP contribution in [0.1, 0.15) is 23.6 Å². The first kappa shape index (κ1) is 22.4. The summed E-state index contributed by atoms with van der Waals surface area (Å²) in [7, 11) is -2.22. The smallest absolute Gasteiger partial charge is 0.243 e. The first-order chi connectivity index (χ1) is 16.5. The van der Waals surface area contributed by atoms with Crippen molar-refractivity contribution >= 4 is 15.7 Å². The van der Waals surface area contributed by atoms with Crippen LogP contribution in [0.25, 0.3) is 11.1 Å². The molecule has 2 N–H and O–H groups in total. The quantitative estimate of drug-likeness (QED) is 0.582. The molecule has 174 valence electrons. The number of hydrogen-bond donors (Lipinski definition) is 2. The lowest BCUT2D eigenvalue weighted by atomic mass is 9.82. The van der Waals surface area contributed by atoms with Crippen LogP contribution < -0.4 is 10.1 Å². The zero-order valence-corrected chi connectivity index (χ0v) is 19.5. The molecule has 0 spiro atoms. The Morgan fingerprint density at radius 2 is 1.79 bits per heavy atom. The number of anilines is 1. The van der Waals surface area contributed by atoms with Gasteiger partial charge in [-0.3, -0.25) is 0 Å². The number of nitrogens with one attached hydrogen (secondary N) is 1. The third kappa shape index (κ3) is 3.72. The Labute approximate surface area is 199 Å². The van der Waals surface area contributed by atoms with Crippen LogP contribution in [0.15, 0.2) is 71.6 Å². The number of sulfonamides is 1. The van der Waals surface area contributed by atoms with Crippen LogP contribution in [0.4, 0.5) is 5.69 Å². The molecule has 7 nitrogen and oxygen atoms in total. The fraction of sp³-hybridized carbons (Fsp3) is 0.269.